The van der Waals surface area contributed by atoms with Crippen LogP contribution >= 0.6 is 0 Å². The molecule has 234 valence electrons. The Kier molecular flexibility index (Phi) is 3.36. The molecule has 0 amide bonds. The van der Waals surface area contributed by atoms with Gasteiger partial charge < -0.3 is 4.57 Å². The standard InChI is InChI=1S/C45H29N5/c1-2-15-30(16-3-1)31-17-14-18-32(29-31)43-46-44(48-45(47-43)50-40-26-11-6-21-35(40)36-22-7-12-27-41(36)50)37-23-8-13-28-42(37)49-38-24-9-4-19-33(38)34-20-5-10-25-39(34)49/h1-29H/i4D,5D,6D,7D,8D,9D,10D,11D,12D,13D,19D,20D,21D,22D,23D,24D,25D,26D,27D,28D. The first-order valence-corrected chi connectivity index (χ1v) is 15.2. The lowest BCUT2D eigenvalue weighted by Crippen LogP contribution is -2.07. The van der Waals surface area contributed by atoms with Gasteiger partial charge in [0.15, 0.2) is 11.6 Å². The third-order valence-corrected chi connectivity index (χ3v) is 8.23. The van der Waals surface area contributed by atoms with Crippen LogP contribution in [0.2, 0.25) is 0 Å². The van der Waals surface area contributed by atoms with Crippen LogP contribution in [0.15, 0.2) is 175 Å². The molecule has 10 aromatic rings. The van der Waals surface area contributed by atoms with Crippen LogP contribution in [-0.4, -0.2) is 24.1 Å². The maximum Gasteiger partial charge on any atom is 0.238 e. The van der Waals surface area contributed by atoms with Crippen LogP contribution in [0.3, 0.4) is 0 Å². The number of hydrogen-bond donors (Lipinski definition) is 0. The van der Waals surface area contributed by atoms with Crippen molar-refractivity contribution in [3.8, 4) is 45.5 Å². The van der Waals surface area contributed by atoms with Crippen molar-refractivity contribution in [2.75, 3.05) is 0 Å². The molecule has 3 aromatic heterocycles. The van der Waals surface area contributed by atoms with E-state index in [-0.39, 0.29) is 22.2 Å². The van der Waals surface area contributed by atoms with E-state index in [4.69, 9.17) is 39.6 Å². The Bertz CT molecular complexity index is 3870. The topological polar surface area (TPSA) is 48.5 Å². The molecule has 0 saturated heterocycles. The molecule has 0 spiro atoms. The summed E-state index contributed by atoms with van der Waals surface area (Å²) in [6.07, 6.45) is 0. The molecule has 0 N–H and O–H groups in total. The highest BCUT2D eigenvalue weighted by molar-refractivity contribution is 6.10. The fraction of sp³-hybridized carbons (Fsp3) is 0. The number of aromatic nitrogens is 5. The number of benzene rings is 7. The highest BCUT2D eigenvalue weighted by Crippen LogP contribution is 2.37. The fourth-order valence-electron chi connectivity index (χ4n) is 6.07. The first kappa shape index (κ1) is 14.7. The summed E-state index contributed by atoms with van der Waals surface area (Å²) >= 11 is 0. The van der Waals surface area contributed by atoms with Crippen LogP contribution in [0.1, 0.15) is 27.4 Å². The number of fused-ring (bicyclic) bond motifs is 6. The van der Waals surface area contributed by atoms with Crippen molar-refractivity contribution in [3.63, 3.8) is 0 Å². The first-order chi connectivity index (χ1) is 33.1. The third-order valence-electron chi connectivity index (χ3n) is 8.23. The Morgan fingerprint density at radius 3 is 1.50 bits per heavy atom. The van der Waals surface area contributed by atoms with E-state index in [2.05, 4.69) is 0 Å². The van der Waals surface area contributed by atoms with Crippen molar-refractivity contribution < 1.29 is 27.4 Å². The number of para-hydroxylation sites is 5. The van der Waals surface area contributed by atoms with E-state index in [1.165, 1.54) is 0 Å². The highest BCUT2D eigenvalue weighted by atomic mass is 15.2. The normalized spacial score (nSPS) is 17.2. The molecule has 0 bridgehead atoms. The largest absolute Gasteiger partial charge is 0.309 e. The SMILES string of the molecule is [2H]c1c([2H])c([2H])c(-n2c3c([2H])c([2H])c([2H])c([2H])c3c3c([2H])c([2H])c([2H])c([2H])c32)c(-c2nc(-c3cccc(-c4ccccc4)c3)nc(-n3c4c([2H])c([2H])c([2H])c([2H])c4c4c([2H])c([2H])c([2H])c([2H])c43)n2)c1[2H]. The molecule has 0 atom stereocenters. The molecule has 0 saturated carbocycles. The summed E-state index contributed by atoms with van der Waals surface area (Å²) in [5.74, 6) is -1.41. The maximum absolute atomic E-state index is 9.52. The summed E-state index contributed by atoms with van der Waals surface area (Å²) in [7, 11) is 0. The second-order valence-corrected chi connectivity index (χ2v) is 11.0. The zero-order valence-corrected chi connectivity index (χ0v) is 25.4. The summed E-state index contributed by atoms with van der Waals surface area (Å²) in [4.78, 5) is 14.3. The lowest BCUT2D eigenvalue weighted by molar-refractivity contribution is 0.952. The van der Waals surface area contributed by atoms with Gasteiger partial charge in [-0.25, -0.2) is 4.98 Å². The van der Waals surface area contributed by atoms with Gasteiger partial charge >= 0.3 is 0 Å². The molecule has 0 unspecified atom stereocenters. The van der Waals surface area contributed by atoms with Crippen molar-refractivity contribution in [2.24, 2.45) is 0 Å². The van der Waals surface area contributed by atoms with Gasteiger partial charge in [-0.05, 0) is 53.4 Å². The molecule has 0 aliphatic carbocycles. The summed E-state index contributed by atoms with van der Waals surface area (Å²) < 4.78 is 180. The molecule has 10 rings (SSSR count). The average Bonchev–Trinajstić information content (AvgIpc) is 3.92. The van der Waals surface area contributed by atoms with Gasteiger partial charge in [0.2, 0.25) is 5.95 Å². The maximum atomic E-state index is 9.52. The zero-order valence-electron chi connectivity index (χ0n) is 45.4. The molecule has 0 aliphatic heterocycles. The van der Waals surface area contributed by atoms with Gasteiger partial charge in [0.05, 0.1) is 55.2 Å². The van der Waals surface area contributed by atoms with Crippen LogP contribution < -0.4 is 0 Å². The molecule has 0 fully saturated rings. The van der Waals surface area contributed by atoms with Crippen molar-refractivity contribution >= 4 is 43.6 Å². The Balaban J connectivity index is 1.45. The van der Waals surface area contributed by atoms with Crippen molar-refractivity contribution in [1.29, 1.82) is 0 Å². The first-order valence-electron chi connectivity index (χ1n) is 25.2. The predicted octanol–water partition coefficient (Wildman–Crippen LogP) is 11.1. The van der Waals surface area contributed by atoms with E-state index in [0.29, 0.717) is 5.56 Å². The van der Waals surface area contributed by atoms with Crippen LogP contribution in [-0.2, 0) is 0 Å². The summed E-state index contributed by atoms with van der Waals surface area (Å²) in [6, 6.07) is 0.675. The van der Waals surface area contributed by atoms with E-state index in [0.717, 1.165) is 14.7 Å². The molecular formula is C45H29N5. The molecule has 50 heavy (non-hydrogen) atoms. The minimum Gasteiger partial charge on any atom is -0.309 e. The molecule has 0 radical (unpaired) electrons. The van der Waals surface area contributed by atoms with E-state index < -0.39 is 177 Å². The Morgan fingerprint density at radius 1 is 0.400 bits per heavy atom. The summed E-state index contributed by atoms with van der Waals surface area (Å²) in [5.41, 5.74) is -1.33. The van der Waals surface area contributed by atoms with Gasteiger partial charge in [-0.2, -0.15) is 9.97 Å². The van der Waals surface area contributed by atoms with Gasteiger partial charge in [-0.1, -0.05) is 133 Å². The van der Waals surface area contributed by atoms with Crippen molar-refractivity contribution in [2.45, 2.75) is 0 Å². The van der Waals surface area contributed by atoms with Gasteiger partial charge in [0.1, 0.15) is 0 Å². The lowest BCUT2D eigenvalue weighted by atomic mass is 10.0. The molecule has 0 aliphatic rings. The monoisotopic (exact) mass is 659 g/mol. The smallest absolute Gasteiger partial charge is 0.238 e. The minimum atomic E-state index is -0.875. The van der Waals surface area contributed by atoms with E-state index in [1.807, 2.05) is 30.3 Å². The van der Waals surface area contributed by atoms with Gasteiger partial charge in [-0.3, -0.25) is 4.57 Å². The van der Waals surface area contributed by atoms with Crippen LogP contribution in [0.25, 0.3) is 89.2 Å². The highest BCUT2D eigenvalue weighted by Gasteiger charge is 2.21. The predicted molar refractivity (Wildman–Crippen MR) is 205 cm³/mol. The average molecular weight is 660 g/mol. The van der Waals surface area contributed by atoms with Crippen LogP contribution in [0.4, 0.5) is 0 Å². The third kappa shape index (κ3) is 4.45. The second-order valence-electron chi connectivity index (χ2n) is 11.0. The summed E-state index contributed by atoms with van der Waals surface area (Å²) in [6.45, 7) is 0. The van der Waals surface area contributed by atoms with E-state index >= 15 is 0 Å². The molecule has 5 nitrogen and oxygen atoms in total. The zero-order chi connectivity index (χ0) is 50.4. The van der Waals surface area contributed by atoms with Crippen molar-refractivity contribution in [1.82, 2.24) is 24.1 Å². The molecule has 3 heterocycles. The quantitative estimate of drug-likeness (QED) is 0.185. The Morgan fingerprint density at radius 2 is 0.880 bits per heavy atom. The van der Waals surface area contributed by atoms with Crippen LogP contribution in [0, 0.1) is 0 Å². The number of hydrogen-bond acceptors (Lipinski definition) is 3. The van der Waals surface area contributed by atoms with Crippen LogP contribution in [0.5, 0.6) is 0 Å². The molecular weight excluding hydrogens is 611 g/mol. The minimum absolute atomic E-state index is 0.237. The number of nitrogens with zero attached hydrogens (tertiary/aromatic N) is 5. The van der Waals surface area contributed by atoms with E-state index in [1.54, 1.807) is 24.3 Å². The van der Waals surface area contributed by atoms with Crippen molar-refractivity contribution in [3.05, 3.63) is 175 Å². The summed E-state index contributed by atoms with van der Waals surface area (Å²) in [5, 5.41) is -1.43. The second kappa shape index (κ2) is 11.4. The Hall–Kier alpha value is -6.85. The number of rotatable bonds is 5. The lowest BCUT2D eigenvalue weighted by Gasteiger charge is -2.15. The molecule has 7 aromatic carbocycles. The fourth-order valence-corrected chi connectivity index (χ4v) is 6.07. The van der Waals surface area contributed by atoms with E-state index in [9.17, 15) is 2.74 Å². The van der Waals surface area contributed by atoms with Gasteiger partial charge in [0.25, 0.3) is 0 Å². The molecule has 5 heteroatoms. The van der Waals surface area contributed by atoms with Gasteiger partial charge in [-0.15, -0.1) is 0 Å². The van der Waals surface area contributed by atoms with Gasteiger partial charge in [0, 0.05) is 32.7 Å². The Labute approximate surface area is 316 Å².